The number of hydrogen-bond acceptors (Lipinski definition) is 4. The minimum atomic E-state index is 0.251. The van der Waals surface area contributed by atoms with Gasteiger partial charge in [-0.05, 0) is 11.1 Å². The van der Waals surface area contributed by atoms with Gasteiger partial charge in [0.1, 0.15) is 0 Å². The molecule has 0 unspecified atom stereocenters. The molecule has 0 aliphatic carbocycles. The van der Waals surface area contributed by atoms with Gasteiger partial charge < -0.3 is 10.4 Å². The Labute approximate surface area is 111 Å². The first-order valence-electron chi connectivity index (χ1n) is 5.88. The number of hydrogen-bond donors (Lipinski definition) is 2. The van der Waals surface area contributed by atoms with E-state index in [1.54, 1.807) is 0 Å². The van der Waals surface area contributed by atoms with E-state index in [9.17, 15) is 0 Å². The molecule has 0 aliphatic rings. The Bertz CT molecular complexity index is 524. The summed E-state index contributed by atoms with van der Waals surface area (Å²) >= 11 is 0. The minimum absolute atomic E-state index is 0.251. The van der Waals surface area contributed by atoms with Crippen molar-refractivity contribution < 1.29 is 10.4 Å². The average molecular weight is 254 g/mol. The Hall–Kier alpha value is -2.62. The molecular formula is C15H14N2O2. The van der Waals surface area contributed by atoms with E-state index < -0.39 is 0 Å². The van der Waals surface area contributed by atoms with Gasteiger partial charge in [0, 0.05) is 6.42 Å². The second kappa shape index (κ2) is 6.35. The van der Waals surface area contributed by atoms with Crippen LogP contribution in [0, 0.1) is 0 Å². The zero-order valence-electron chi connectivity index (χ0n) is 10.3. The maximum atomic E-state index is 9.12. The molecule has 19 heavy (non-hydrogen) atoms. The lowest BCUT2D eigenvalue weighted by atomic mass is 10.0. The fourth-order valence-electron chi connectivity index (χ4n) is 1.81. The lowest BCUT2D eigenvalue weighted by molar-refractivity contribution is 0.316. The lowest BCUT2D eigenvalue weighted by Crippen LogP contribution is -2.11. The Kier molecular flexibility index (Phi) is 4.29. The number of nitrogens with zero attached hydrogens (tertiary/aromatic N) is 2. The second-order valence-electron chi connectivity index (χ2n) is 4.00. The van der Waals surface area contributed by atoms with E-state index in [0.717, 1.165) is 11.1 Å². The zero-order valence-corrected chi connectivity index (χ0v) is 10.3. The maximum absolute atomic E-state index is 9.12. The van der Waals surface area contributed by atoms with E-state index in [1.807, 2.05) is 60.7 Å². The van der Waals surface area contributed by atoms with Crippen molar-refractivity contribution in [2.24, 2.45) is 10.3 Å². The van der Waals surface area contributed by atoms with E-state index in [0.29, 0.717) is 11.4 Å². The first kappa shape index (κ1) is 12.8. The molecule has 0 saturated carbocycles. The van der Waals surface area contributed by atoms with Gasteiger partial charge in [-0.15, -0.1) is 0 Å². The molecule has 2 N–H and O–H groups in total. The summed E-state index contributed by atoms with van der Waals surface area (Å²) in [6.07, 6.45) is 0.251. The molecule has 0 fully saturated rings. The van der Waals surface area contributed by atoms with Crippen molar-refractivity contribution in [3.63, 3.8) is 0 Å². The predicted molar refractivity (Wildman–Crippen MR) is 74.1 cm³/mol. The van der Waals surface area contributed by atoms with Crippen molar-refractivity contribution in [1.82, 2.24) is 0 Å². The van der Waals surface area contributed by atoms with Crippen molar-refractivity contribution in [2.75, 3.05) is 0 Å². The summed E-state index contributed by atoms with van der Waals surface area (Å²) in [5, 5.41) is 24.8. The minimum Gasteiger partial charge on any atom is -0.411 e. The van der Waals surface area contributed by atoms with Crippen LogP contribution in [0.3, 0.4) is 0 Å². The summed E-state index contributed by atoms with van der Waals surface area (Å²) in [6.45, 7) is 0. The highest BCUT2D eigenvalue weighted by Gasteiger charge is 2.11. The van der Waals surface area contributed by atoms with Crippen molar-refractivity contribution in [3.8, 4) is 0 Å². The van der Waals surface area contributed by atoms with Gasteiger partial charge in [0.2, 0.25) is 0 Å². The molecule has 0 atom stereocenters. The largest absolute Gasteiger partial charge is 0.411 e. The van der Waals surface area contributed by atoms with E-state index in [2.05, 4.69) is 10.3 Å². The smallest absolute Gasteiger partial charge is 0.0928 e. The average Bonchev–Trinajstić information content (AvgIpc) is 2.50. The molecule has 0 heterocycles. The van der Waals surface area contributed by atoms with Gasteiger partial charge >= 0.3 is 0 Å². The molecule has 0 saturated heterocycles. The van der Waals surface area contributed by atoms with Crippen molar-refractivity contribution in [1.29, 1.82) is 0 Å². The van der Waals surface area contributed by atoms with Crippen LogP contribution in [0.4, 0.5) is 0 Å². The van der Waals surface area contributed by atoms with Crippen molar-refractivity contribution in [2.45, 2.75) is 6.42 Å². The van der Waals surface area contributed by atoms with E-state index >= 15 is 0 Å². The number of benzene rings is 2. The van der Waals surface area contributed by atoms with Crippen molar-refractivity contribution >= 4 is 11.4 Å². The van der Waals surface area contributed by atoms with Gasteiger partial charge in [-0.2, -0.15) is 0 Å². The standard InChI is InChI=1S/C15H14N2O2/c18-16-14(12-7-3-1-4-8-12)11-15(17-19)13-9-5-2-6-10-13/h1-10,18-19H,11H2/b16-14+,17-15+. The van der Waals surface area contributed by atoms with Crippen LogP contribution >= 0.6 is 0 Å². The molecule has 2 aromatic carbocycles. The van der Waals surface area contributed by atoms with Crippen LogP contribution in [0.2, 0.25) is 0 Å². The highest BCUT2D eigenvalue weighted by Crippen LogP contribution is 2.10. The molecule has 4 heteroatoms. The quantitative estimate of drug-likeness (QED) is 0.500. The van der Waals surface area contributed by atoms with Crippen LogP contribution in [-0.2, 0) is 0 Å². The molecule has 0 aromatic heterocycles. The summed E-state index contributed by atoms with van der Waals surface area (Å²) in [4.78, 5) is 0. The van der Waals surface area contributed by atoms with Crippen LogP contribution in [0.5, 0.6) is 0 Å². The summed E-state index contributed by atoms with van der Waals surface area (Å²) in [5.74, 6) is 0. The van der Waals surface area contributed by atoms with Crippen LogP contribution in [0.1, 0.15) is 17.5 Å². The fraction of sp³-hybridized carbons (Fsp3) is 0.0667. The van der Waals surface area contributed by atoms with Crippen LogP contribution < -0.4 is 0 Å². The van der Waals surface area contributed by atoms with Crippen LogP contribution in [0.25, 0.3) is 0 Å². The fourth-order valence-corrected chi connectivity index (χ4v) is 1.81. The molecule has 0 spiro atoms. The Morgan fingerprint density at radius 1 is 0.684 bits per heavy atom. The maximum Gasteiger partial charge on any atom is 0.0928 e. The monoisotopic (exact) mass is 254 g/mol. The molecule has 2 rings (SSSR count). The highest BCUT2D eigenvalue weighted by molar-refractivity contribution is 6.17. The zero-order chi connectivity index (χ0) is 13.5. The van der Waals surface area contributed by atoms with Crippen LogP contribution in [0.15, 0.2) is 71.0 Å². The molecular weight excluding hydrogens is 240 g/mol. The molecule has 96 valence electrons. The van der Waals surface area contributed by atoms with Gasteiger partial charge in [-0.25, -0.2) is 0 Å². The second-order valence-corrected chi connectivity index (χ2v) is 4.00. The number of rotatable bonds is 4. The number of oxime groups is 2. The van der Waals surface area contributed by atoms with Gasteiger partial charge in [-0.1, -0.05) is 71.0 Å². The lowest BCUT2D eigenvalue weighted by Gasteiger charge is -2.06. The normalized spacial score (nSPS) is 12.4. The van der Waals surface area contributed by atoms with Gasteiger partial charge in [0.15, 0.2) is 0 Å². The van der Waals surface area contributed by atoms with Crippen LogP contribution in [-0.4, -0.2) is 21.8 Å². The first-order chi connectivity index (χ1) is 9.35. The topological polar surface area (TPSA) is 65.2 Å². The molecule has 0 amide bonds. The Morgan fingerprint density at radius 3 is 1.37 bits per heavy atom. The third-order valence-corrected chi connectivity index (χ3v) is 2.79. The van der Waals surface area contributed by atoms with Gasteiger partial charge in [0.25, 0.3) is 0 Å². The molecule has 4 nitrogen and oxygen atoms in total. The predicted octanol–water partition coefficient (Wildman–Crippen LogP) is 3.13. The molecule has 2 aromatic rings. The Morgan fingerprint density at radius 2 is 1.05 bits per heavy atom. The molecule has 0 bridgehead atoms. The molecule has 0 radical (unpaired) electrons. The first-order valence-corrected chi connectivity index (χ1v) is 5.88. The van der Waals surface area contributed by atoms with E-state index in [4.69, 9.17) is 10.4 Å². The van der Waals surface area contributed by atoms with E-state index in [-0.39, 0.29) is 6.42 Å². The molecule has 0 aliphatic heterocycles. The third kappa shape index (κ3) is 3.19. The summed E-state index contributed by atoms with van der Waals surface area (Å²) in [7, 11) is 0. The third-order valence-electron chi connectivity index (χ3n) is 2.79. The summed E-state index contributed by atoms with van der Waals surface area (Å²) in [6, 6.07) is 18.6. The Balaban J connectivity index is 2.24. The van der Waals surface area contributed by atoms with Gasteiger partial charge in [0.05, 0.1) is 11.4 Å². The van der Waals surface area contributed by atoms with Crippen molar-refractivity contribution in [3.05, 3.63) is 71.8 Å². The van der Waals surface area contributed by atoms with E-state index in [1.165, 1.54) is 0 Å². The highest BCUT2D eigenvalue weighted by atomic mass is 16.4. The SMILES string of the molecule is O/N=C(\C/C(=N\O)c1ccccc1)c1ccccc1. The summed E-state index contributed by atoms with van der Waals surface area (Å²) in [5.41, 5.74) is 2.50. The van der Waals surface area contributed by atoms with Gasteiger partial charge in [-0.3, -0.25) is 0 Å². The summed E-state index contributed by atoms with van der Waals surface area (Å²) < 4.78 is 0.